The van der Waals surface area contributed by atoms with E-state index in [9.17, 15) is 9.59 Å². The zero-order valence-electron chi connectivity index (χ0n) is 17.9. The maximum absolute atomic E-state index is 12.9. The van der Waals surface area contributed by atoms with E-state index in [0.717, 1.165) is 30.4 Å². The molecule has 31 heavy (non-hydrogen) atoms. The molecule has 6 nitrogen and oxygen atoms in total. The molecular weight excluding hydrogens is 390 g/mol. The first-order valence-electron chi connectivity index (χ1n) is 10.8. The lowest BCUT2D eigenvalue weighted by molar-refractivity contribution is 0.0935. The molecule has 1 fully saturated rings. The quantitative estimate of drug-likeness (QED) is 0.557. The van der Waals surface area contributed by atoms with Crippen molar-refractivity contribution in [2.75, 3.05) is 0 Å². The van der Waals surface area contributed by atoms with Gasteiger partial charge in [0.05, 0.1) is 0 Å². The first kappa shape index (κ1) is 20.8. The maximum atomic E-state index is 12.9. The molecule has 0 spiro atoms. The number of hydrogen-bond acceptors (Lipinski definition) is 4. The smallest absolute Gasteiger partial charge is 0.273 e. The summed E-state index contributed by atoms with van der Waals surface area (Å²) in [5, 5.41) is 5.89. The van der Waals surface area contributed by atoms with Crippen molar-refractivity contribution in [1.82, 2.24) is 15.6 Å². The lowest BCUT2D eigenvalue weighted by atomic mass is 10.1. The van der Waals surface area contributed by atoms with Gasteiger partial charge in [-0.05, 0) is 56.0 Å². The minimum absolute atomic E-state index is 0.109. The summed E-state index contributed by atoms with van der Waals surface area (Å²) in [4.78, 5) is 29.8. The van der Waals surface area contributed by atoms with Crippen LogP contribution >= 0.6 is 0 Å². The van der Waals surface area contributed by atoms with Crippen LogP contribution in [0.15, 0.2) is 59.0 Å². The van der Waals surface area contributed by atoms with E-state index in [0.29, 0.717) is 29.5 Å². The van der Waals surface area contributed by atoms with Crippen molar-refractivity contribution in [3.8, 4) is 11.5 Å². The van der Waals surface area contributed by atoms with Gasteiger partial charge in [0.1, 0.15) is 5.76 Å². The van der Waals surface area contributed by atoms with Crippen LogP contribution in [0.1, 0.15) is 71.2 Å². The first-order valence-corrected chi connectivity index (χ1v) is 10.8. The van der Waals surface area contributed by atoms with Crippen LogP contribution in [0.4, 0.5) is 0 Å². The molecular formula is C25H27N3O3. The summed E-state index contributed by atoms with van der Waals surface area (Å²) in [5.41, 5.74) is 2.64. The SMILES string of the molecule is CCC(C)NC(=O)c1cccc(CNC(=O)c2nc(-c3ccccc3)oc2C2CC2)c1. The van der Waals surface area contributed by atoms with Crippen LogP contribution in [0, 0.1) is 0 Å². The number of aromatic nitrogens is 1. The molecule has 160 valence electrons. The van der Waals surface area contributed by atoms with Crippen LogP contribution in [-0.2, 0) is 6.54 Å². The molecule has 3 aromatic rings. The van der Waals surface area contributed by atoms with Gasteiger partial charge in [-0.2, -0.15) is 0 Å². The Bertz CT molecular complexity index is 1070. The number of amides is 2. The van der Waals surface area contributed by atoms with E-state index < -0.39 is 0 Å². The predicted octanol–water partition coefficient (Wildman–Crippen LogP) is 4.68. The van der Waals surface area contributed by atoms with E-state index >= 15 is 0 Å². The Labute approximate surface area is 182 Å². The highest BCUT2D eigenvalue weighted by Crippen LogP contribution is 2.43. The molecule has 1 aromatic heterocycles. The molecule has 6 heteroatoms. The molecule has 1 saturated carbocycles. The van der Waals surface area contributed by atoms with Gasteiger partial charge in [0.25, 0.3) is 11.8 Å². The molecule has 2 aromatic carbocycles. The van der Waals surface area contributed by atoms with Crippen molar-refractivity contribution in [2.45, 2.75) is 51.6 Å². The average molecular weight is 418 g/mol. The molecule has 2 N–H and O–H groups in total. The fraction of sp³-hybridized carbons (Fsp3) is 0.320. The minimum atomic E-state index is -0.262. The number of carbonyl (C=O) groups is 2. The Morgan fingerprint density at radius 2 is 1.87 bits per heavy atom. The van der Waals surface area contributed by atoms with Crippen LogP contribution < -0.4 is 10.6 Å². The van der Waals surface area contributed by atoms with Gasteiger partial charge in [-0.15, -0.1) is 0 Å². The topological polar surface area (TPSA) is 84.2 Å². The molecule has 4 rings (SSSR count). The monoisotopic (exact) mass is 417 g/mol. The standard InChI is InChI=1S/C25H27N3O3/c1-3-16(2)27-23(29)20-11-7-8-17(14-20)15-26-24(30)21-22(18-12-13-18)31-25(28-21)19-9-5-4-6-10-19/h4-11,14,16,18H,3,12-13,15H2,1-2H3,(H,26,30)(H,27,29). The highest BCUT2D eigenvalue weighted by atomic mass is 16.4. The molecule has 1 aliphatic rings. The predicted molar refractivity (Wildman–Crippen MR) is 119 cm³/mol. The Balaban J connectivity index is 1.46. The van der Waals surface area contributed by atoms with Crippen molar-refractivity contribution in [3.63, 3.8) is 0 Å². The Morgan fingerprint density at radius 3 is 2.58 bits per heavy atom. The summed E-state index contributed by atoms with van der Waals surface area (Å²) in [6.45, 7) is 4.31. The van der Waals surface area contributed by atoms with Gasteiger partial charge >= 0.3 is 0 Å². The third-order valence-electron chi connectivity index (χ3n) is 5.47. The van der Waals surface area contributed by atoms with Crippen molar-refractivity contribution in [2.24, 2.45) is 0 Å². The molecule has 0 radical (unpaired) electrons. The number of oxazole rings is 1. The van der Waals surface area contributed by atoms with Crippen LogP contribution in [-0.4, -0.2) is 22.8 Å². The molecule has 0 bridgehead atoms. The Morgan fingerprint density at radius 1 is 1.10 bits per heavy atom. The normalized spacial score (nSPS) is 14.1. The summed E-state index contributed by atoms with van der Waals surface area (Å²) in [7, 11) is 0. The highest BCUT2D eigenvalue weighted by Gasteiger charge is 2.34. The van der Waals surface area contributed by atoms with Crippen LogP contribution in [0.25, 0.3) is 11.5 Å². The zero-order chi connectivity index (χ0) is 21.8. The van der Waals surface area contributed by atoms with Gasteiger partial charge in [0.15, 0.2) is 5.69 Å². The fourth-order valence-corrected chi connectivity index (χ4v) is 3.32. The summed E-state index contributed by atoms with van der Waals surface area (Å²) >= 11 is 0. The number of benzene rings is 2. The lowest BCUT2D eigenvalue weighted by Gasteiger charge is -2.12. The largest absolute Gasteiger partial charge is 0.440 e. The number of carbonyl (C=O) groups excluding carboxylic acids is 2. The molecule has 1 aliphatic carbocycles. The highest BCUT2D eigenvalue weighted by molar-refractivity contribution is 5.95. The summed E-state index contributed by atoms with van der Waals surface area (Å²) in [6, 6.07) is 17.0. The van der Waals surface area contributed by atoms with E-state index in [-0.39, 0.29) is 23.8 Å². The van der Waals surface area contributed by atoms with Crippen molar-refractivity contribution in [3.05, 3.63) is 77.2 Å². The fourth-order valence-electron chi connectivity index (χ4n) is 3.32. The molecule has 1 atom stereocenters. The number of rotatable bonds is 8. The van der Waals surface area contributed by atoms with Crippen molar-refractivity contribution in [1.29, 1.82) is 0 Å². The van der Waals surface area contributed by atoms with Gasteiger partial charge in [-0.25, -0.2) is 4.98 Å². The summed E-state index contributed by atoms with van der Waals surface area (Å²) < 4.78 is 5.97. The molecule has 1 unspecified atom stereocenters. The summed E-state index contributed by atoms with van der Waals surface area (Å²) in [6.07, 6.45) is 2.89. The van der Waals surface area contributed by atoms with E-state index in [4.69, 9.17) is 4.42 Å². The van der Waals surface area contributed by atoms with Crippen LogP contribution in [0.5, 0.6) is 0 Å². The number of nitrogens with zero attached hydrogens (tertiary/aromatic N) is 1. The van der Waals surface area contributed by atoms with E-state index in [1.165, 1.54) is 0 Å². The van der Waals surface area contributed by atoms with Crippen molar-refractivity contribution < 1.29 is 14.0 Å². The maximum Gasteiger partial charge on any atom is 0.273 e. The minimum Gasteiger partial charge on any atom is -0.440 e. The van der Waals surface area contributed by atoms with E-state index in [2.05, 4.69) is 15.6 Å². The van der Waals surface area contributed by atoms with Crippen molar-refractivity contribution >= 4 is 11.8 Å². The Kier molecular flexibility index (Phi) is 6.16. The van der Waals surface area contributed by atoms with Crippen LogP contribution in [0.2, 0.25) is 0 Å². The number of nitrogens with one attached hydrogen (secondary N) is 2. The van der Waals surface area contributed by atoms with E-state index in [1.54, 1.807) is 12.1 Å². The van der Waals surface area contributed by atoms with Gasteiger partial charge in [0.2, 0.25) is 5.89 Å². The average Bonchev–Trinajstić information content (AvgIpc) is 3.56. The third-order valence-corrected chi connectivity index (χ3v) is 5.47. The number of hydrogen-bond donors (Lipinski definition) is 2. The molecule has 0 aliphatic heterocycles. The third kappa shape index (κ3) is 5.02. The van der Waals surface area contributed by atoms with Gasteiger partial charge < -0.3 is 15.1 Å². The second-order valence-corrected chi connectivity index (χ2v) is 8.04. The van der Waals surface area contributed by atoms with E-state index in [1.807, 2.05) is 56.3 Å². The Hall–Kier alpha value is -3.41. The molecule has 0 saturated heterocycles. The zero-order valence-corrected chi connectivity index (χ0v) is 17.9. The van der Waals surface area contributed by atoms with Gasteiger partial charge in [-0.3, -0.25) is 9.59 Å². The van der Waals surface area contributed by atoms with Crippen LogP contribution in [0.3, 0.4) is 0 Å². The summed E-state index contributed by atoms with van der Waals surface area (Å²) in [5.74, 6) is 1.03. The molecule has 1 heterocycles. The lowest BCUT2D eigenvalue weighted by Crippen LogP contribution is -2.32. The molecule has 2 amide bonds. The second kappa shape index (κ2) is 9.16. The van der Waals surface area contributed by atoms with Gasteiger partial charge in [-0.1, -0.05) is 37.3 Å². The van der Waals surface area contributed by atoms with Gasteiger partial charge in [0, 0.05) is 29.6 Å². The first-order chi connectivity index (χ1) is 15.0. The second-order valence-electron chi connectivity index (χ2n) is 8.04.